The maximum atomic E-state index is 14.4. The fourth-order valence-corrected chi connectivity index (χ4v) is 3.29. The van der Waals surface area contributed by atoms with Crippen molar-refractivity contribution in [2.75, 3.05) is 6.61 Å². The second-order valence-electron chi connectivity index (χ2n) is 6.73. The lowest BCUT2D eigenvalue weighted by atomic mass is 10.2. The van der Waals surface area contributed by atoms with E-state index in [9.17, 15) is 17.6 Å². The summed E-state index contributed by atoms with van der Waals surface area (Å²) < 4.78 is 64.9. The molecular formula is C19H12Cl2F4N4O3. The van der Waals surface area contributed by atoms with Crippen molar-refractivity contribution in [1.29, 1.82) is 0 Å². The molecule has 4 aromatic rings. The molecule has 1 atom stereocenters. The van der Waals surface area contributed by atoms with E-state index < -0.39 is 23.7 Å². The van der Waals surface area contributed by atoms with Crippen LogP contribution in [0.4, 0.5) is 17.6 Å². The lowest BCUT2D eigenvalue weighted by Gasteiger charge is -2.13. The van der Waals surface area contributed by atoms with E-state index in [-0.39, 0.29) is 51.0 Å². The Hall–Kier alpha value is -2.89. The molecule has 1 aromatic carbocycles. The van der Waals surface area contributed by atoms with Crippen molar-refractivity contribution in [3.05, 3.63) is 52.0 Å². The molecule has 0 aliphatic rings. The number of ether oxygens (including phenoxy) is 1. The minimum Gasteiger partial charge on any atom is -0.485 e. The highest BCUT2D eigenvalue weighted by molar-refractivity contribution is 6.33. The predicted molar refractivity (Wildman–Crippen MR) is 106 cm³/mol. The number of nitrogens with zero attached hydrogens (tertiary/aromatic N) is 4. The largest absolute Gasteiger partial charge is 0.485 e. The van der Waals surface area contributed by atoms with Gasteiger partial charge in [0.2, 0.25) is 5.82 Å². The molecule has 0 aliphatic carbocycles. The fourth-order valence-electron chi connectivity index (χ4n) is 2.79. The molecule has 7 nitrogen and oxygen atoms in total. The van der Waals surface area contributed by atoms with Crippen LogP contribution in [0.5, 0.6) is 5.75 Å². The molecule has 1 unspecified atom stereocenters. The smallest absolute Gasteiger partial charge is 0.417 e. The van der Waals surface area contributed by atoms with Crippen LogP contribution < -0.4 is 4.74 Å². The van der Waals surface area contributed by atoms with Crippen LogP contribution in [0.3, 0.4) is 0 Å². The number of aliphatic hydroxyl groups excluding tert-OH is 1. The third-order valence-electron chi connectivity index (χ3n) is 4.33. The number of pyridine rings is 1. The number of aromatic nitrogens is 4. The Morgan fingerprint density at radius 3 is 2.59 bits per heavy atom. The van der Waals surface area contributed by atoms with E-state index in [1.807, 2.05) is 0 Å². The van der Waals surface area contributed by atoms with E-state index in [2.05, 4.69) is 15.1 Å². The summed E-state index contributed by atoms with van der Waals surface area (Å²) >= 11 is 12.1. The highest BCUT2D eigenvalue weighted by Gasteiger charge is 2.32. The van der Waals surface area contributed by atoms with Crippen LogP contribution in [0.25, 0.3) is 28.6 Å². The zero-order valence-corrected chi connectivity index (χ0v) is 17.5. The molecule has 4 rings (SSSR count). The van der Waals surface area contributed by atoms with Gasteiger partial charge in [-0.3, -0.25) is 0 Å². The molecule has 0 aliphatic heterocycles. The summed E-state index contributed by atoms with van der Waals surface area (Å²) in [5.74, 6) is -1.16. The molecule has 13 heteroatoms. The van der Waals surface area contributed by atoms with Crippen molar-refractivity contribution in [1.82, 2.24) is 19.5 Å². The molecule has 0 saturated carbocycles. The molecule has 32 heavy (non-hydrogen) atoms. The molecule has 168 valence electrons. The van der Waals surface area contributed by atoms with Crippen molar-refractivity contribution in [2.24, 2.45) is 0 Å². The van der Waals surface area contributed by atoms with Crippen molar-refractivity contribution in [3.63, 3.8) is 0 Å². The number of alkyl halides is 3. The van der Waals surface area contributed by atoms with Crippen molar-refractivity contribution < 1.29 is 31.9 Å². The number of imidazole rings is 1. The van der Waals surface area contributed by atoms with Crippen molar-refractivity contribution in [2.45, 2.75) is 19.2 Å². The number of hydrogen-bond acceptors (Lipinski definition) is 6. The van der Waals surface area contributed by atoms with Gasteiger partial charge in [0.05, 0.1) is 27.8 Å². The second kappa shape index (κ2) is 8.23. The summed E-state index contributed by atoms with van der Waals surface area (Å²) in [5, 5.41) is 12.6. The lowest BCUT2D eigenvalue weighted by molar-refractivity contribution is -0.137. The van der Waals surface area contributed by atoms with Gasteiger partial charge >= 0.3 is 6.18 Å². The minimum atomic E-state index is -4.59. The van der Waals surface area contributed by atoms with Gasteiger partial charge in [0.25, 0.3) is 5.89 Å². The molecule has 0 bridgehead atoms. The summed E-state index contributed by atoms with van der Waals surface area (Å²) in [5.41, 5.74) is -0.750. The SMILES string of the molecule is CC(CO)Oc1cc(Cl)c(-c2nc(-c3cn4cc(C(F)(F)F)cc(Cl)c4n3)no2)cc1F. The number of hydrogen-bond donors (Lipinski definition) is 1. The Labute approximate surface area is 187 Å². The van der Waals surface area contributed by atoms with E-state index >= 15 is 0 Å². The third kappa shape index (κ3) is 4.23. The third-order valence-corrected chi connectivity index (χ3v) is 4.92. The minimum absolute atomic E-state index is 0.0367. The van der Waals surface area contributed by atoms with Crippen LogP contribution >= 0.6 is 23.2 Å². The molecule has 3 aromatic heterocycles. The van der Waals surface area contributed by atoms with Gasteiger partial charge < -0.3 is 18.8 Å². The first kappa shape index (κ1) is 22.3. The monoisotopic (exact) mass is 490 g/mol. The van der Waals surface area contributed by atoms with E-state index in [1.165, 1.54) is 12.3 Å². The number of halogens is 6. The lowest BCUT2D eigenvalue weighted by Crippen LogP contribution is -2.16. The fraction of sp³-hybridized carbons (Fsp3) is 0.211. The standard InChI is InChI=1S/C19H12Cl2F4N4O3/c1-8(7-30)31-15-4-11(20)10(3-13(15)22)18-27-16(28-32-18)14-6-29-5-9(19(23,24)25)2-12(21)17(29)26-14/h2-6,8,30H,7H2,1H3. The number of rotatable bonds is 5. The summed E-state index contributed by atoms with van der Waals surface area (Å²) in [6.45, 7) is 1.23. The number of benzene rings is 1. The highest BCUT2D eigenvalue weighted by Crippen LogP contribution is 2.35. The molecular weight excluding hydrogens is 479 g/mol. The zero-order chi connectivity index (χ0) is 23.2. The maximum absolute atomic E-state index is 14.4. The molecule has 0 amide bonds. The summed E-state index contributed by atoms with van der Waals surface area (Å²) in [4.78, 5) is 8.24. The Bertz CT molecular complexity index is 1310. The van der Waals surface area contributed by atoms with Gasteiger partial charge in [0.1, 0.15) is 11.8 Å². The van der Waals surface area contributed by atoms with Crippen LogP contribution in [0.15, 0.2) is 35.1 Å². The first-order valence-corrected chi connectivity index (χ1v) is 9.69. The van der Waals surface area contributed by atoms with Gasteiger partial charge in [0.15, 0.2) is 17.2 Å². The van der Waals surface area contributed by atoms with Gasteiger partial charge in [-0.05, 0) is 19.1 Å². The topological polar surface area (TPSA) is 85.7 Å². The molecule has 1 N–H and O–H groups in total. The van der Waals surface area contributed by atoms with E-state index in [1.54, 1.807) is 6.92 Å². The molecule has 0 saturated heterocycles. The Morgan fingerprint density at radius 1 is 1.16 bits per heavy atom. The number of fused-ring (bicyclic) bond motifs is 1. The maximum Gasteiger partial charge on any atom is 0.417 e. The zero-order valence-electron chi connectivity index (χ0n) is 16.0. The summed E-state index contributed by atoms with van der Waals surface area (Å²) in [6, 6.07) is 2.99. The molecule has 0 radical (unpaired) electrons. The number of aliphatic hydroxyl groups is 1. The average Bonchev–Trinajstić information content (AvgIpc) is 3.37. The van der Waals surface area contributed by atoms with Gasteiger partial charge in [0, 0.05) is 18.5 Å². The van der Waals surface area contributed by atoms with Crippen LogP contribution in [-0.2, 0) is 6.18 Å². The van der Waals surface area contributed by atoms with Gasteiger partial charge in [-0.1, -0.05) is 28.4 Å². The summed E-state index contributed by atoms with van der Waals surface area (Å²) in [6.07, 6.45) is -3.16. The van der Waals surface area contributed by atoms with Crippen LogP contribution in [-0.4, -0.2) is 37.3 Å². The van der Waals surface area contributed by atoms with Gasteiger partial charge in [-0.15, -0.1) is 0 Å². The normalized spacial score (nSPS) is 13.0. The molecule has 0 spiro atoms. The molecule has 3 heterocycles. The Balaban J connectivity index is 1.69. The van der Waals surface area contributed by atoms with Crippen molar-refractivity contribution >= 4 is 28.8 Å². The van der Waals surface area contributed by atoms with E-state index in [0.29, 0.717) is 0 Å². The van der Waals surface area contributed by atoms with Crippen molar-refractivity contribution in [3.8, 4) is 28.7 Å². The molecule has 0 fully saturated rings. The average molecular weight is 491 g/mol. The van der Waals surface area contributed by atoms with E-state index in [4.69, 9.17) is 37.6 Å². The van der Waals surface area contributed by atoms with Crippen LogP contribution in [0, 0.1) is 5.82 Å². The predicted octanol–water partition coefficient (Wildman–Crippen LogP) is 5.28. The first-order chi connectivity index (χ1) is 15.1. The quantitative estimate of drug-likeness (QED) is 0.383. The van der Waals surface area contributed by atoms with Gasteiger partial charge in [-0.2, -0.15) is 18.2 Å². The Kier molecular flexibility index (Phi) is 5.74. The second-order valence-corrected chi connectivity index (χ2v) is 7.54. The Morgan fingerprint density at radius 2 is 1.91 bits per heavy atom. The first-order valence-electron chi connectivity index (χ1n) is 8.93. The van der Waals surface area contributed by atoms with E-state index in [0.717, 1.165) is 22.7 Å². The van der Waals surface area contributed by atoms with Crippen LogP contribution in [0.2, 0.25) is 10.0 Å². The highest BCUT2D eigenvalue weighted by atomic mass is 35.5. The van der Waals surface area contributed by atoms with Crippen LogP contribution in [0.1, 0.15) is 12.5 Å². The van der Waals surface area contributed by atoms with Gasteiger partial charge in [-0.25, -0.2) is 9.37 Å². The summed E-state index contributed by atoms with van der Waals surface area (Å²) in [7, 11) is 0.